The molecular weight excluding hydrogens is 377 g/mol. The minimum absolute atomic E-state index is 0.293. The summed E-state index contributed by atoms with van der Waals surface area (Å²) < 4.78 is 20.4. The van der Waals surface area contributed by atoms with E-state index in [9.17, 15) is 4.39 Å². The van der Waals surface area contributed by atoms with Gasteiger partial charge in [0.2, 0.25) is 0 Å². The summed E-state index contributed by atoms with van der Waals surface area (Å²) in [6.45, 7) is 0.547. The van der Waals surface area contributed by atoms with E-state index < -0.39 is 0 Å². The first kappa shape index (κ1) is 18.2. The lowest BCUT2D eigenvalue weighted by atomic mass is 10.2. The van der Waals surface area contributed by atoms with E-state index in [-0.39, 0.29) is 5.82 Å². The molecule has 0 saturated carbocycles. The van der Waals surface area contributed by atoms with Crippen molar-refractivity contribution in [2.45, 2.75) is 11.7 Å². The van der Waals surface area contributed by atoms with Gasteiger partial charge in [0.1, 0.15) is 17.4 Å². The summed E-state index contributed by atoms with van der Waals surface area (Å²) in [5.74, 6) is 1.21. The van der Waals surface area contributed by atoms with Crippen molar-refractivity contribution in [3.05, 3.63) is 66.1 Å². The highest BCUT2D eigenvalue weighted by molar-refractivity contribution is 7.98. The van der Waals surface area contributed by atoms with Gasteiger partial charge in [0.15, 0.2) is 10.8 Å². The van der Waals surface area contributed by atoms with Crippen LogP contribution in [0.4, 0.5) is 10.2 Å². The minimum atomic E-state index is -0.293. The Labute approximate surface area is 165 Å². The third kappa shape index (κ3) is 3.50. The fourth-order valence-corrected chi connectivity index (χ4v) is 3.27. The maximum Gasteiger partial charge on any atom is 0.191 e. The average Bonchev–Trinajstić information content (AvgIpc) is 3.16. The van der Waals surface area contributed by atoms with Crippen molar-refractivity contribution in [1.82, 2.24) is 19.7 Å². The fourth-order valence-electron chi connectivity index (χ4n) is 2.91. The van der Waals surface area contributed by atoms with Gasteiger partial charge < -0.3 is 10.1 Å². The second-order valence-corrected chi connectivity index (χ2v) is 6.77. The number of benzene rings is 2. The summed E-state index contributed by atoms with van der Waals surface area (Å²) in [6.07, 6.45) is 3.64. The molecule has 2 heterocycles. The average molecular weight is 395 g/mol. The van der Waals surface area contributed by atoms with Gasteiger partial charge in [-0.1, -0.05) is 30.0 Å². The van der Waals surface area contributed by atoms with Gasteiger partial charge in [-0.2, -0.15) is 5.10 Å². The van der Waals surface area contributed by atoms with Crippen molar-refractivity contribution in [3.63, 3.8) is 0 Å². The molecule has 4 rings (SSSR count). The van der Waals surface area contributed by atoms with Crippen LogP contribution in [0.2, 0.25) is 0 Å². The molecule has 0 radical (unpaired) electrons. The zero-order valence-electron chi connectivity index (χ0n) is 15.4. The van der Waals surface area contributed by atoms with E-state index in [2.05, 4.69) is 20.4 Å². The van der Waals surface area contributed by atoms with E-state index in [0.717, 1.165) is 22.4 Å². The lowest BCUT2D eigenvalue weighted by molar-refractivity contribution is 0.410. The Kier molecular flexibility index (Phi) is 5.12. The topological polar surface area (TPSA) is 64.9 Å². The highest BCUT2D eigenvalue weighted by Gasteiger charge is 2.14. The van der Waals surface area contributed by atoms with Crippen molar-refractivity contribution in [3.8, 4) is 11.4 Å². The number of nitrogens with zero attached hydrogens (tertiary/aromatic N) is 4. The summed E-state index contributed by atoms with van der Waals surface area (Å²) in [4.78, 5) is 9.19. The molecule has 0 bridgehead atoms. The molecule has 0 unspecified atom stereocenters. The summed E-state index contributed by atoms with van der Waals surface area (Å²) in [6, 6.07) is 14.0. The first-order valence-electron chi connectivity index (χ1n) is 8.61. The number of nitrogens with one attached hydrogen (secondary N) is 1. The number of thioether (sulfide) groups is 1. The molecule has 2 aromatic carbocycles. The lowest BCUT2D eigenvalue weighted by Crippen LogP contribution is -2.06. The zero-order valence-corrected chi connectivity index (χ0v) is 16.2. The molecular formula is C20H18FN5OS. The smallest absolute Gasteiger partial charge is 0.191 e. The number of rotatable bonds is 6. The van der Waals surface area contributed by atoms with Gasteiger partial charge >= 0.3 is 0 Å². The second-order valence-electron chi connectivity index (χ2n) is 5.99. The van der Waals surface area contributed by atoms with Crippen LogP contribution >= 0.6 is 11.8 Å². The maximum absolute atomic E-state index is 13.3. The number of fused-ring (bicyclic) bond motifs is 1. The van der Waals surface area contributed by atoms with Gasteiger partial charge in [-0.25, -0.2) is 19.0 Å². The Balaban J connectivity index is 1.73. The molecule has 8 heteroatoms. The van der Waals surface area contributed by atoms with Gasteiger partial charge in [0.05, 0.1) is 24.4 Å². The van der Waals surface area contributed by atoms with Crippen molar-refractivity contribution >= 4 is 28.6 Å². The third-order valence-corrected chi connectivity index (χ3v) is 4.85. The molecule has 28 heavy (non-hydrogen) atoms. The van der Waals surface area contributed by atoms with Crippen molar-refractivity contribution in [2.75, 3.05) is 18.7 Å². The molecule has 6 nitrogen and oxygen atoms in total. The van der Waals surface area contributed by atoms with Gasteiger partial charge in [0.25, 0.3) is 0 Å². The predicted octanol–water partition coefficient (Wildman–Crippen LogP) is 4.30. The van der Waals surface area contributed by atoms with Crippen molar-refractivity contribution < 1.29 is 9.13 Å². The SMILES string of the molecule is COc1ccccc1CNc1nc(SC)nc2c1cnn2-c1ccc(F)cc1. The fraction of sp³-hybridized carbons (Fsp3) is 0.150. The Hall–Kier alpha value is -3.13. The molecule has 0 aliphatic rings. The molecule has 0 amide bonds. The largest absolute Gasteiger partial charge is 0.496 e. The molecule has 0 spiro atoms. The first-order chi connectivity index (χ1) is 13.7. The number of para-hydroxylation sites is 1. The highest BCUT2D eigenvalue weighted by Crippen LogP contribution is 2.27. The molecule has 0 atom stereocenters. The van der Waals surface area contributed by atoms with Crippen LogP contribution in [0, 0.1) is 5.82 Å². The lowest BCUT2D eigenvalue weighted by Gasteiger charge is -2.11. The van der Waals surface area contributed by atoms with Crippen LogP contribution < -0.4 is 10.1 Å². The standard InChI is InChI=1S/C20H18FN5OS/c1-27-17-6-4-3-5-13(17)11-22-18-16-12-23-26(15-9-7-14(21)8-10-15)19(16)25-20(24-18)28-2/h3-10,12H,11H2,1-2H3,(H,22,24,25). The monoisotopic (exact) mass is 395 g/mol. The number of ether oxygens (including phenoxy) is 1. The van der Waals surface area contributed by atoms with Crippen molar-refractivity contribution in [1.29, 1.82) is 0 Å². The Morgan fingerprint density at radius 3 is 2.64 bits per heavy atom. The molecule has 4 aromatic rings. The van der Waals surface area contributed by atoms with E-state index in [1.54, 1.807) is 30.1 Å². The molecule has 2 aromatic heterocycles. The normalized spacial score (nSPS) is 11.0. The van der Waals surface area contributed by atoms with Gasteiger partial charge in [-0.15, -0.1) is 0 Å². The van der Waals surface area contributed by atoms with Crippen LogP contribution in [-0.2, 0) is 6.54 Å². The number of methoxy groups -OCH3 is 1. The van der Waals surface area contributed by atoms with Crippen LogP contribution in [0.5, 0.6) is 5.75 Å². The Bertz CT molecular complexity index is 1110. The van der Waals surface area contributed by atoms with Crippen molar-refractivity contribution in [2.24, 2.45) is 0 Å². The van der Waals surface area contributed by atoms with Gasteiger partial charge in [-0.3, -0.25) is 0 Å². The molecule has 0 fully saturated rings. The third-order valence-electron chi connectivity index (χ3n) is 4.30. The minimum Gasteiger partial charge on any atom is -0.496 e. The van der Waals surface area contributed by atoms with Crippen LogP contribution in [0.25, 0.3) is 16.7 Å². The molecule has 1 N–H and O–H groups in total. The number of aromatic nitrogens is 4. The van der Waals surface area contributed by atoms with Gasteiger partial charge in [-0.05, 0) is 36.6 Å². The number of hydrogen-bond donors (Lipinski definition) is 1. The zero-order chi connectivity index (χ0) is 19.5. The number of anilines is 1. The summed E-state index contributed by atoms with van der Waals surface area (Å²) in [5.41, 5.74) is 2.42. The summed E-state index contributed by atoms with van der Waals surface area (Å²) in [7, 11) is 1.65. The quantitative estimate of drug-likeness (QED) is 0.388. The second kappa shape index (κ2) is 7.85. The molecule has 0 aliphatic carbocycles. The van der Waals surface area contributed by atoms with E-state index in [1.807, 2.05) is 30.5 Å². The summed E-state index contributed by atoms with van der Waals surface area (Å²) >= 11 is 1.45. The van der Waals surface area contributed by atoms with Gasteiger partial charge in [0, 0.05) is 12.1 Å². The van der Waals surface area contributed by atoms with E-state index >= 15 is 0 Å². The first-order valence-corrected chi connectivity index (χ1v) is 9.83. The van der Waals surface area contributed by atoms with Crippen LogP contribution in [0.3, 0.4) is 0 Å². The number of halogens is 1. The Morgan fingerprint density at radius 2 is 1.89 bits per heavy atom. The van der Waals surface area contributed by atoms with E-state index in [0.29, 0.717) is 23.2 Å². The maximum atomic E-state index is 13.3. The van der Waals surface area contributed by atoms with E-state index in [1.165, 1.54) is 23.9 Å². The van der Waals surface area contributed by atoms with Crippen LogP contribution in [0.1, 0.15) is 5.56 Å². The Morgan fingerprint density at radius 1 is 1.11 bits per heavy atom. The van der Waals surface area contributed by atoms with Crippen LogP contribution in [0.15, 0.2) is 59.9 Å². The highest BCUT2D eigenvalue weighted by atomic mass is 32.2. The van der Waals surface area contributed by atoms with Crippen LogP contribution in [-0.4, -0.2) is 33.1 Å². The molecule has 142 valence electrons. The molecule has 0 saturated heterocycles. The number of hydrogen-bond acceptors (Lipinski definition) is 6. The molecule has 0 aliphatic heterocycles. The summed E-state index contributed by atoms with van der Waals surface area (Å²) in [5, 5.41) is 9.22. The van der Waals surface area contributed by atoms with E-state index in [4.69, 9.17) is 4.74 Å². The predicted molar refractivity (Wildman–Crippen MR) is 109 cm³/mol.